The first-order valence-corrected chi connectivity index (χ1v) is 12.5. The van der Waals surface area contributed by atoms with Crippen LogP contribution in [0.2, 0.25) is 0 Å². The molecular weight excluding hydrogens is 426 g/mol. The predicted octanol–water partition coefficient (Wildman–Crippen LogP) is 5.76. The Morgan fingerprint density at radius 1 is 1.06 bits per heavy atom. The molecule has 2 aromatic rings. The molecule has 0 bridgehead atoms. The third-order valence-electron chi connectivity index (χ3n) is 7.10. The number of benzene rings is 2. The Labute approximate surface area is 202 Å². The Balaban J connectivity index is 1.48. The molecule has 0 aromatic heterocycles. The predicted molar refractivity (Wildman–Crippen MR) is 133 cm³/mol. The van der Waals surface area contributed by atoms with E-state index in [0.717, 1.165) is 60.9 Å². The van der Waals surface area contributed by atoms with Crippen LogP contribution in [-0.2, 0) is 27.4 Å². The van der Waals surface area contributed by atoms with Crippen LogP contribution >= 0.6 is 0 Å². The maximum Gasteiger partial charge on any atom is 0.312 e. The first kappa shape index (κ1) is 24.5. The summed E-state index contributed by atoms with van der Waals surface area (Å²) in [4.78, 5) is 26.2. The zero-order chi connectivity index (χ0) is 24.3. The number of rotatable bonds is 8. The highest BCUT2D eigenvalue weighted by molar-refractivity contribution is 5.96. The number of carbonyl (C=O) groups excluding carboxylic acids is 2. The highest BCUT2D eigenvalue weighted by Gasteiger charge is 2.52. The van der Waals surface area contributed by atoms with E-state index >= 15 is 0 Å². The van der Waals surface area contributed by atoms with E-state index in [2.05, 4.69) is 5.32 Å². The number of hydrogen-bond acceptors (Lipinski definition) is 4. The summed E-state index contributed by atoms with van der Waals surface area (Å²) in [5, 5.41) is 12.5. The maximum absolute atomic E-state index is 13.5. The molecule has 0 aliphatic heterocycles. The number of anilines is 1. The summed E-state index contributed by atoms with van der Waals surface area (Å²) < 4.78 is 5.66. The lowest BCUT2D eigenvalue weighted by Gasteiger charge is -2.24. The summed E-state index contributed by atoms with van der Waals surface area (Å²) in [5.41, 5.74) is 2.72. The van der Waals surface area contributed by atoms with Crippen molar-refractivity contribution in [2.75, 3.05) is 5.32 Å². The molecule has 0 radical (unpaired) electrons. The monoisotopic (exact) mass is 463 g/mol. The van der Waals surface area contributed by atoms with Gasteiger partial charge in [0.25, 0.3) is 0 Å². The molecule has 2 aromatic carbocycles. The van der Waals surface area contributed by atoms with Gasteiger partial charge in [0, 0.05) is 5.69 Å². The molecule has 0 spiro atoms. The van der Waals surface area contributed by atoms with Crippen LogP contribution in [0.5, 0.6) is 0 Å². The summed E-state index contributed by atoms with van der Waals surface area (Å²) in [6.45, 7) is 5.69. The minimum absolute atomic E-state index is 0.00183. The van der Waals surface area contributed by atoms with Crippen molar-refractivity contribution in [3.63, 3.8) is 0 Å². The SMILES string of the molecule is CC(C)(C)OC(=O)C1(Cc2cccc(NC(=O)C(c3ccc(CO)cc3)C3CCCC3)c2)CC1. The average molecular weight is 464 g/mol. The normalized spacial score (nSPS) is 18.4. The lowest BCUT2D eigenvalue weighted by atomic mass is 9.83. The van der Waals surface area contributed by atoms with Gasteiger partial charge in [-0.3, -0.25) is 9.59 Å². The van der Waals surface area contributed by atoms with Gasteiger partial charge in [-0.05, 0) is 87.6 Å². The van der Waals surface area contributed by atoms with E-state index in [1.807, 2.05) is 69.3 Å². The van der Waals surface area contributed by atoms with Crippen molar-refractivity contribution in [3.8, 4) is 0 Å². The number of carbonyl (C=O) groups is 2. The lowest BCUT2D eigenvalue weighted by Crippen LogP contribution is -2.30. The molecule has 2 fully saturated rings. The van der Waals surface area contributed by atoms with Gasteiger partial charge in [0.15, 0.2) is 0 Å². The molecule has 1 amide bonds. The van der Waals surface area contributed by atoms with E-state index in [9.17, 15) is 14.7 Å². The van der Waals surface area contributed by atoms with E-state index < -0.39 is 11.0 Å². The second-order valence-electron chi connectivity index (χ2n) is 11.1. The van der Waals surface area contributed by atoms with Crippen LogP contribution in [-0.4, -0.2) is 22.6 Å². The van der Waals surface area contributed by atoms with Crippen molar-refractivity contribution in [2.45, 2.75) is 83.8 Å². The van der Waals surface area contributed by atoms with Gasteiger partial charge in [-0.25, -0.2) is 0 Å². The van der Waals surface area contributed by atoms with E-state index in [4.69, 9.17) is 4.74 Å². The summed E-state index contributed by atoms with van der Waals surface area (Å²) in [6, 6.07) is 15.6. The van der Waals surface area contributed by atoms with Crippen molar-refractivity contribution in [1.29, 1.82) is 0 Å². The van der Waals surface area contributed by atoms with Crippen LogP contribution in [0, 0.1) is 11.3 Å². The van der Waals surface area contributed by atoms with Crippen LogP contribution in [0.15, 0.2) is 48.5 Å². The molecule has 5 nitrogen and oxygen atoms in total. The topological polar surface area (TPSA) is 75.6 Å². The molecule has 182 valence electrons. The zero-order valence-electron chi connectivity index (χ0n) is 20.6. The number of aliphatic hydroxyl groups is 1. The van der Waals surface area contributed by atoms with E-state index in [0.29, 0.717) is 12.3 Å². The van der Waals surface area contributed by atoms with Gasteiger partial charge >= 0.3 is 5.97 Å². The summed E-state index contributed by atoms with van der Waals surface area (Å²) in [7, 11) is 0. The van der Waals surface area contributed by atoms with E-state index in [1.54, 1.807) is 0 Å². The van der Waals surface area contributed by atoms with Crippen molar-refractivity contribution < 1.29 is 19.4 Å². The Kier molecular flexibility index (Phi) is 7.13. The van der Waals surface area contributed by atoms with Crippen molar-refractivity contribution in [1.82, 2.24) is 0 Å². The Morgan fingerprint density at radius 2 is 1.74 bits per heavy atom. The standard InChI is InChI=1S/C29H37NO4/c1-28(2,3)34-27(33)29(15-16-29)18-21-7-6-10-24(17-21)30-26(32)25(22-8-4-5-9-22)23-13-11-20(19-31)12-14-23/h6-7,10-14,17,22,25,31H,4-5,8-9,15-16,18-19H2,1-3H3,(H,30,32). The fourth-order valence-electron chi connectivity index (χ4n) is 5.12. The Morgan fingerprint density at radius 3 is 2.32 bits per heavy atom. The second-order valence-corrected chi connectivity index (χ2v) is 11.1. The third kappa shape index (κ3) is 5.87. The first-order valence-electron chi connectivity index (χ1n) is 12.5. The molecule has 0 heterocycles. The Bertz CT molecular complexity index is 1010. The highest BCUT2D eigenvalue weighted by Crippen LogP contribution is 2.50. The van der Waals surface area contributed by atoms with Crippen LogP contribution in [0.4, 0.5) is 5.69 Å². The molecule has 34 heavy (non-hydrogen) atoms. The fourth-order valence-corrected chi connectivity index (χ4v) is 5.12. The number of amides is 1. The molecule has 2 aliphatic rings. The molecular formula is C29H37NO4. The van der Waals surface area contributed by atoms with Gasteiger partial charge in [-0.15, -0.1) is 0 Å². The van der Waals surface area contributed by atoms with Gasteiger partial charge in [0.1, 0.15) is 5.60 Å². The molecule has 2 N–H and O–H groups in total. The molecule has 2 saturated carbocycles. The minimum Gasteiger partial charge on any atom is -0.460 e. The average Bonchev–Trinajstić information content (AvgIpc) is 3.37. The second kappa shape index (κ2) is 9.91. The van der Waals surface area contributed by atoms with Gasteiger partial charge in [-0.2, -0.15) is 0 Å². The summed E-state index contributed by atoms with van der Waals surface area (Å²) >= 11 is 0. The zero-order valence-corrected chi connectivity index (χ0v) is 20.6. The number of aliphatic hydroxyl groups excluding tert-OH is 1. The number of ether oxygens (including phenoxy) is 1. The van der Waals surface area contributed by atoms with Gasteiger partial charge in [0.2, 0.25) is 5.91 Å². The molecule has 4 rings (SSSR count). The van der Waals surface area contributed by atoms with Gasteiger partial charge in [-0.1, -0.05) is 49.2 Å². The van der Waals surface area contributed by atoms with E-state index in [1.165, 1.54) is 0 Å². The first-order chi connectivity index (χ1) is 16.2. The van der Waals surface area contributed by atoms with Crippen molar-refractivity contribution in [2.24, 2.45) is 11.3 Å². The van der Waals surface area contributed by atoms with Crippen LogP contribution in [0.1, 0.15) is 81.9 Å². The molecule has 2 aliphatic carbocycles. The van der Waals surface area contributed by atoms with E-state index in [-0.39, 0.29) is 24.4 Å². The number of nitrogens with one attached hydrogen (secondary N) is 1. The van der Waals surface area contributed by atoms with Gasteiger partial charge < -0.3 is 15.2 Å². The van der Waals surface area contributed by atoms with Crippen molar-refractivity contribution in [3.05, 3.63) is 65.2 Å². The minimum atomic E-state index is -0.493. The fraction of sp³-hybridized carbons (Fsp3) is 0.517. The largest absolute Gasteiger partial charge is 0.460 e. The molecule has 0 saturated heterocycles. The quantitative estimate of drug-likeness (QED) is 0.488. The highest BCUT2D eigenvalue weighted by atomic mass is 16.6. The molecule has 5 heteroatoms. The smallest absolute Gasteiger partial charge is 0.312 e. The summed E-state index contributed by atoms with van der Waals surface area (Å²) in [6.07, 6.45) is 6.73. The molecule has 1 unspecified atom stereocenters. The Hall–Kier alpha value is -2.66. The number of hydrogen-bond donors (Lipinski definition) is 2. The van der Waals surface area contributed by atoms with Gasteiger partial charge in [0.05, 0.1) is 17.9 Å². The van der Waals surface area contributed by atoms with Crippen LogP contribution in [0.3, 0.4) is 0 Å². The van der Waals surface area contributed by atoms with Crippen molar-refractivity contribution >= 4 is 17.6 Å². The van der Waals surface area contributed by atoms with Crippen LogP contribution < -0.4 is 5.32 Å². The van der Waals surface area contributed by atoms with Crippen LogP contribution in [0.25, 0.3) is 0 Å². The lowest BCUT2D eigenvalue weighted by molar-refractivity contribution is -0.161. The third-order valence-corrected chi connectivity index (χ3v) is 7.10. The number of esters is 1. The molecule has 1 atom stereocenters. The maximum atomic E-state index is 13.5. The summed E-state index contributed by atoms with van der Waals surface area (Å²) in [5.74, 6) is -0.00312.